The number of rotatable bonds is 8. The maximum atomic E-state index is 13.5. The van der Waals surface area contributed by atoms with Crippen LogP contribution in [0.25, 0.3) is 10.1 Å². The summed E-state index contributed by atoms with van der Waals surface area (Å²) in [5.41, 5.74) is 1.67. The van der Waals surface area contributed by atoms with E-state index in [0.29, 0.717) is 6.42 Å². The molecule has 0 bridgehead atoms. The number of amides is 2. The maximum Gasteiger partial charge on any atom is 0.408 e. The fraction of sp³-hybridized carbons (Fsp3) is 0.214. The molecule has 2 unspecified atom stereocenters. The van der Waals surface area contributed by atoms with E-state index in [0.717, 1.165) is 26.8 Å². The minimum Gasteiger partial charge on any atom is -0.445 e. The van der Waals surface area contributed by atoms with Crippen LogP contribution in [0, 0.1) is 0 Å². The molecule has 0 saturated carbocycles. The van der Waals surface area contributed by atoms with Crippen molar-refractivity contribution in [3.63, 3.8) is 0 Å². The van der Waals surface area contributed by atoms with Gasteiger partial charge in [-0.25, -0.2) is 4.79 Å². The lowest BCUT2D eigenvalue weighted by atomic mass is 9.91. The lowest BCUT2D eigenvalue weighted by Gasteiger charge is -2.31. The molecule has 5 nitrogen and oxygen atoms in total. The topological polar surface area (TPSA) is 67.4 Å². The Hall–Kier alpha value is -3.64. The summed E-state index contributed by atoms with van der Waals surface area (Å²) in [6.07, 6.45) is -0.293. The number of benzene rings is 3. The molecular weight excluding hydrogens is 444 g/mol. The number of hydrogen-bond acceptors (Lipinski definition) is 4. The molecule has 1 heterocycles. The maximum absolute atomic E-state index is 13.5. The van der Waals surface area contributed by atoms with E-state index in [4.69, 9.17) is 4.74 Å². The number of nitrogens with one attached hydrogen (secondary N) is 2. The summed E-state index contributed by atoms with van der Waals surface area (Å²) in [7, 11) is 0. The molecule has 0 spiro atoms. The summed E-state index contributed by atoms with van der Waals surface area (Å²) in [5.74, 6) is -0.268. The Bertz CT molecular complexity index is 1260. The Labute approximate surface area is 203 Å². The minimum absolute atomic E-state index is 0.131. The van der Waals surface area contributed by atoms with Crippen LogP contribution in [0.15, 0.2) is 90.3 Å². The Kier molecular flexibility index (Phi) is 7.28. The molecular formula is C28H28N2O3S. The van der Waals surface area contributed by atoms with Crippen LogP contribution in [0.3, 0.4) is 0 Å². The molecule has 0 aliphatic carbocycles. The summed E-state index contributed by atoms with van der Waals surface area (Å²) in [5, 5.41) is 9.06. The second-order valence-electron chi connectivity index (χ2n) is 8.56. The van der Waals surface area contributed by atoms with Crippen LogP contribution >= 0.6 is 11.3 Å². The Morgan fingerprint density at radius 1 is 0.941 bits per heavy atom. The predicted molar refractivity (Wildman–Crippen MR) is 137 cm³/mol. The van der Waals surface area contributed by atoms with Gasteiger partial charge in [0.2, 0.25) is 5.91 Å². The van der Waals surface area contributed by atoms with E-state index in [1.54, 1.807) is 18.3 Å². The Balaban J connectivity index is 1.54. The molecule has 2 amide bonds. The molecule has 1 aromatic heterocycles. The highest BCUT2D eigenvalue weighted by atomic mass is 32.1. The predicted octanol–water partition coefficient (Wildman–Crippen LogP) is 6.01. The fourth-order valence-electron chi connectivity index (χ4n) is 3.90. The van der Waals surface area contributed by atoms with Crippen molar-refractivity contribution in [3.8, 4) is 0 Å². The summed E-state index contributed by atoms with van der Waals surface area (Å²) in [6.45, 7) is 3.81. The van der Waals surface area contributed by atoms with Crippen molar-refractivity contribution in [2.24, 2.45) is 0 Å². The molecule has 2 N–H and O–H groups in total. The molecule has 0 radical (unpaired) electrons. The van der Waals surface area contributed by atoms with Gasteiger partial charge >= 0.3 is 6.09 Å². The monoisotopic (exact) mass is 472 g/mol. The van der Waals surface area contributed by atoms with E-state index in [2.05, 4.69) is 16.7 Å². The van der Waals surface area contributed by atoms with Crippen LogP contribution in [-0.2, 0) is 22.6 Å². The second kappa shape index (κ2) is 10.5. The number of fused-ring (bicyclic) bond motifs is 1. The van der Waals surface area contributed by atoms with E-state index in [1.165, 1.54) is 0 Å². The van der Waals surface area contributed by atoms with Crippen molar-refractivity contribution in [1.82, 2.24) is 10.6 Å². The molecule has 4 rings (SSSR count). The molecule has 2 atom stereocenters. The summed E-state index contributed by atoms with van der Waals surface area (Å²) >= 11 is 1.63. The van der Waals surface area contributed by atoms with Gasteiger partial charge in [0, 0.05) is 11.1 Å². The summed E-state index contributed by atoms with van der Waals surface area (Å²) in [6, 6.07) is 27.1. The molecule has 4 aromatic rings. The third-order valence-electron chi connectivity index (χ3n) is 5.84. The van der Waals surface area contributed by atoms with Crippen molar-refractivity contribution >= 4 is 33.4 Å². The van der Waals surface area contributed by atoms with Gasteiger partial charge < -0.3 is 15.4 Å². The molecule has 34 heavy (non-hydrogen) atoms. The highest BCUT2D eigenvalue weighted by Crippen LogP contribution is 2.29. The van der Waals surface area contributed by atoms with E-state index in [1.807, 2.05) is 91.2 Å². The number of ether oxygens (including phenoxy) is 1. The fourth-order valence-corrected chi connectivity index (χ4v) is 4.86. The molecule has 3 aromatic carbocycles. The van der Waals surface area contributed by atoms with E-state index < -0.39 is 11.6 Å². The van der Waals surface area contributed by atoms with Crippen LogP contribution < -0.4 is 10.6 Å². The van der Waals surface area contributed by atoms with Gasteiger partial charge in [0.05, 0.1) is 6.04 Å². The third kappa shape index (κ3) is 5.64. The number of carbonyl (C=O) groups excluding carboxylic acids is 2. The SMILES string of the molecule is CC(NC(=O)C(C)(Cc1csc2ccccc12)NC(=O)OCc1ccccc1)c1ccccc1. The molecule has 0 fully saturated rings. The average Bonchev–Trinajstić information content (AvgIpc) is 3.26. The first kappa shape index (κ1) is 23.5. The first-order chi connectivity index (χ1) is 16.4. The van der Waals surface area contributed by atoms with Gasteiger partial charge in [-0.2, -0.15) is 0 Å². The number of hydrogen-bond donors (Lipinski definition) is 2. The normalized spacial score (nSPS) is 13.6. The lowest BCUT2D eigenvalue weighted by molar-refractivity contribution is -0.127. The van der Waals surface area contributed by atoms with Crippen molar-refractivity contribution in [2.45, 2.75) is 38.5 Å². The zero-order valence-electron chi connectivity index (χ0n) is 19.3. The largest absolute Gasteiger partial charge is 0.445 e. The molecule has 0 saturated heterocycles. The Morgan fingerprint density at radius 3 is 2.32 bits per heavy atom. The van der Waals surface area contributed by atoms with Gasteiger partial charge in [0.1, 0.15) is 12.1 Å². The van der Waals surface area contributed by atoms with Crippen molar-refractivity contribution < 1.29 is 14.3 Å². The van der Waals surface area contributed by atoms with Crippen molar-refractivity contribution in [1.29, 1.82) is 0 Å². The lowest BCUT2D eigenvalue weighted by Crippen LogP contribution is -2.58. The van der Waals surface area contributed by atoms with Gasteiger partial charge in [0.25, 0.3) is 0 Å². The summed E-state index contributed by atoms with van der Waals surface area (Å²) < 4.78 is 6.59. The van der Waals surface area contributed by atoms with E-state index in [-0.39, 0.29) is 18.6 Å². The quantitative estimate of drug-likeness (QED) is 0.330. The first-order valence-electron chi connectivity index (χ1n) is 11.2. The van der Waals surface area contributed by atoms with E-state index in [9.17, 15) is 9.59 Å². The zero-order valence-corrected chi connectivity index (χ0v) is 20.1. The van der Waals surface area contributed by atoms with Crippen LogP contribution in [-0.4, -0.2) is 17.5 Å². The third-order valence-corrected chi connectivity index (χ3v) is 6.86. The smallest absolute Gasteiger partial charge is 0.408 e. The van der Waals surface area contributed by atoms with Gasteiger partial charge in [-0.1, -0.05) is 78.9 Å². The minimum atomic E-state index is -1.21. The molecule has 174 valence electrons. The highest BCUT2D eigenvalue weighted by molar-refractivity contribution is 7.17. The number of thiophene rings is 1. The summed E-state index contributed by atoms with van der Waals surface area (Å²) in [4.78, 5) is 26.3. The molecule has 0 aliphatic rings. The number of alkyl carbamates (subject to hydrolysis) is 1. The first-order valence-corrected chi connectivity index (χ1v) is 12.1. The van der Waals surface area contributed by atoms with Crippen LogP contribution in [0.4, 0.5) is 4.79 Å². The van der Waals surface area contributed by atoms with Gasteiger partial charge in [-0.3, -0.25) is 4.79 Å². The standard InChI is InChI=1S/C28H28N2O3S/c1-20(22-13-7-4-8-14-22)29-26(31)28(2,17-23-19-34-25-16-10-9-15-24(23)25)30-27(32)33-18-21-11-5-3-6-12-21/h3-16,19-20H,17-18H2,1-2H3,(H,29,31)(H,30,32). The van der Waals surface area contributed by atoms with Gasteiger partial charge in [-0.15, -0.1) is 11.3 Å². The van der Waals surface area contributed by atoms with Crippen LogP contribution in [0.2, 0.25) is 0 Å². The van der Waals surface area contributed by atoms with Gasteiger partial charge in [-0.05, 0) is 47.4 Å². The Morgan fingerprint density at radius 2 is 1.59 bits per heavy atom. The highest BCUT2D eigenvalue weighted by Gasteiger charge is 2.37. The van der Waals surface area contributed by atoms with Crippen LogP contribution in [0.1, 0.15) is 36.6 Å². The van der Waals surface area contributed by atoms with Crippen molar-refractivity contribution in [3.05, 3.63) is 107 Å². The average molecular weight is 473 g/mol. The molecule has 6 heteroatoms. The number of carbonyl (C=O) groups is 2. The molecule has 0 aliphatic heterocycles. The van der Waals surface area contributed by atoms with Crippen molar-refractivity contribution in [2.75, 3.05) is 0 Å². The van der Waals surface area contributed by atoms with Gasteiger partial charge in [0.15, 0.2) is 0 Å². The zero-order chi connectivity index (χ0) is 24.0. The second-order valence-corrected chi connectivity index (χ2v) is 9.47. The van der Waals surface area contributed by atoms with E-state index >= 15 is 0 Å². The van der Waals surface area contributed by atoms with Crippen LogP contribution in [0.5, 0.6) is 0 Å².